The maximum Gasteiger partial charge on any atom is 0.138 e. The molecule has 0 bridgehead atoms. The first-order chi connectivity index (χ1) is 5.13. The molecule has 4 heteroatoms. The molecule has 1 aromatic heterocycles. The molecule has 0 unspecified atom stereocenters. The summed E-state index contributed by atoms with van der Waals surface area (Å²) in [5.74, 6) is 0.740. The van der Waals surface area contributed by atoms with Crippen LogP contribution in [0.4, 0.5) is 5.82 Å². The maximum absolute atomic E-state index is 5.79. The molecule has 0 aliphatic heterocycles. The van der Waals surface area contributed by atoms with E-state index in [4.69, 9.17) is 17.3 Å². The third-order valence-corrected chi connectivity index (χ3v) is 1.74. The number of rotatable bonds is 1. The van der Waals surface area contributed by atoms with Gasteiger partial charge in [-0.25, -0.2) is 9.97 Å². The number of hydrogen-bond acceptors (Lipinski definition) is 3. The van der Waals surface area contributed by atoms with Crippen LogP contribution >= 0.6 is 11.6 Å². The summed E-state index contributed by atoms with van der Waals surface area (Å²) in [4.78, 5) is 7.68. The van der Waals surface area contributed by atoms with Crippen molar-refractivity contribution in [3.05, 3.63) is 17.0 Å². The number of hydrogen-bond donors (Lipinski definition) is 1. The van der Waals surface area contributed by atoms with Crippen molar-refractivity contribution in [1.82, 2.24) is 9.97 Å². The molecule has 1 heterocycles. The maximum atomic E-state index is 5.79. The highest BCUT2D eigenvalue weighted by atomic mass is 35.5. The van der Waals surface area contributed by atoms with Gasteiger partial charge in [0.15, 0.2) is 0 Å². The van der Waals surface area contributed by atoms with Gasteiger partial charge >= 0.3 is 0 Å². The van der Waals surface area contributed by atoms with Crippen LogP contribution in [0.3, 0.4) is 0 Å². The lowest BCUT2D eigenvalue weighted by atomic mass is 10.1. The third-order valence-electron chi connectivity index (χ3n) is 1.44. The van der Waals surface area contributed by atoms with E-state index in [1.165, 1.54) is 6.33 Å². The SMILES string of the molecule is CC(C)c1c(N)ncnc1Cl. The van der Waals surface area contributed by atoms with Crippen molar-refractivity contribution < 1.29 is 0 Å². The molecule has 0 atom stereocenters. The van der Waals surface area contributed by atoms with E-state index in [0.717, 1.165) is 5.56 Å². The highest BCUT2D eigenvalue weighted by Crippen LogP contribution is 2.25. The quantitative estimate of drug-likeness (QED) is 0.656. The minimum Gasteiger partial charge on any atom is -0.383 e. The lowest BCUT2D eigenvalue weighted by Crippen LogP contribution is -2.01. The van der Waals surface area contributed by atoms with Gasteiger partial charge in [0, 0.05) is 5.56 Å². The number of halogens is 1. The Morgan fingerprint density at radius 2 is 2.09 bits per heavy atom. The van der Waals surface area contributed by atoms with Crippen LogP contribution in [0.25, 0.3) is 0 Å². The predicted molar refractivity (Wildman–Crippen MR) is 45.5 cm³/mol. The molecule has 0 radical (unpaired) electrons. The molecule has 11 heavy (non-hydrogen) atoms. The Bertz CT molecular complexity index is 240. The van der Waals surface area contributed by atoms with Crippen molar-refractivity contribution in [2.75, 3.05) is 5.73 Å². The number of nitrogens with zero attached hydrogens (tertiary/aromatic N) is 2. The molecule has 0 aliphatic rings. The Hall–Kier alpha value is -0.830. The number of aromatic nitrogens is 2. The topological polar surface area (TPSA) is 51.8 Å². The summed E-state index contributed by atoms with van der Waals surface area (Å²) in [6.07, 6.45) is 1.36. The van der Waals surface area contributed by atoms with Crippen molar-refractivity contribution in [2.45, 2.75) is 19.8 Å². The highest BCUT2D eigenvalue weighted by Gasteiger charge is 2.09. The highest BCUT2D eigenvalue weighted by molar-refractivity contribution is 6.30. The molecule has 0 spiro atoms. The van der Waals surface area contributed by atoms with E-state index < -0.39 is 0 Å². The van der Waals surface area contributed by atoms with Gasteiger partial charge in [-0.2, -0.15) is 0 Å². The summed E-state index contributed by atoms with van der Waals surface area (Å²) in [5, 5.41) is 0.451. The lowest BCUT2D eigenvalue weighted by Gasteiger charge is -2.08. The van der Waals surface area contributed by atoms with Gasteiger partial charge in [0.05, 0.1) is 0 Å². The van der Waals surface area contributed by atoms with Crippen LogP contribution in [0.15, 0.2) is 6.33 Å². The van der Waals surface area contributed by atoms with Crippen LogP contribution in [-0.4, -0.2) is 9.97 Å². The molecule has 0 aliphatic carbocycles. The smallest absolute Gasteiger partial charge is 0.138 e. The second kappa shape index (κ2) is 3.05. The number of anilines is 1. The Balaban J connectivity index is 3.21. The number of nitrogens with two attached hydrogens (primary N) is 1. The normalized spacial score (nSPS) is 10.5. The molecule has 0 fully saturated rings. The first kappa shape index (κ1) is 8.27. The summed E-state index contributed by atoms with van der Waals surface area (Å²) in [7, 11) is 0. The minimum absolute atomic E-state index is 0.267. The average molecular weight is 172 g/mol. The van der Waals surface area contributed by atoms with E-state index in [2.05, 4.69) is 9.97 Å². The van der Waals surface area contributed by atoms with Gasteiger partial charge in [0.25, 0.3) is 0 Å². The van der Waals surface area contributed by atoms with Gasteiger partial charge in [-0.05, 0) is 5.92 Å². The zero-order chi connectivity index (χ0) is 8.43. The fraction of sp³-hybridized carbons (Fsp3) is 0.429. The van der Waals surface area contributed by atoms with Crippen molar-refractivity contribution in [1.29, 1.82) is 0 Å². The summed E-state index contributed by atoms with van der Waals surface area (Å²) in [6.45, 7) is 4.00. The molecule has 0 saturated carbocycles. The summed E-state index contributed by atoms with van der Waals surface area (Å²) < 4.78 is 0. The van der Waals surface area contributed by atoms with E-state index in [0.29, 0.717) is 11.0 Å². The van der Waals surface area contributed by atoms with E-state index in [1.54, 1.807) is 0 Å². The second-order valence-electron chi connectivity index (χ2n) is 2.62. The monoisotopic (exact) mass is 171 g/mol. The lowest BCUT2D eigenvalue weighted by molar-refractivity contribution is 0.851. The average Bonchev–Trinajstić information content (AvgIpc) is 1.85. The van der Waals surface area contributed by atoms with Crippen LogP contribution in [0.1, 0.15) is 25.3 Å². The van der Waals surface area contributed by atoms with Crippen LogP contribution in [0.5, 0.6) is 0 Å². The molecule has 0 amide bonds. The van der Waals surface area contributed by atoms with Crippen LogP contribution in [-0.2, 0) is 0 Å². The van der Waals surface area contributed by atoms with Crippen molar-refractivity contribution in [2.24, 2.45) is 0 Å². The largest absolute Gasteiger partial charge is 0.383 e. The molecule has 3 nitrogen and oxygen atoms in total. The molecule has 2 N–H and O–H groups in total. The van der Waals surface area contributed by atoms with Gasteiger partial charge in [0.2, 0.25) is 0 Å². The van der Waals surface area contributed by atoms with Gasteiger partial charge in [-0.15, -0.1) is 0 Å². The van der Waals surface area contributed by atoms with Crippen LogP contribution < -0.4 is 5.73 Å². The first-order valence-electron chi connectivity index (χ1n) is 3.38. The van der Waals surface area contributed by atoms with E-state index in [-0.39, 0.29) is 5.92 Å². The molecule has 0 aromatic carbocycles. The Morgan fingerprint density at radius 1 is 1.45 bits per heavy atom. The summed E-state index contributed by atoms with van der Waals surface area (Å²) >= 11 is 5.79. The predicted octanol–water partition coefficient (Wildman–Crippen LogP) is 1.84. The molecule has 1 rings (SSSR count). The third kappa shape index (κ3) is 1.60. The second-order valence-corrected chi connectivity index (χ2v) is 2.98. The van der Waals surface area contributed by atoms with Crippen molar-refractivity contribution >= 4 is 17.4 Å². The van der Waals surface area contributed by atoms with Crippen LogP contribution in [0, 0.1) is 0 Å². The Labute approximate surface area is 70.6 Å². The van der Waals surface area contributed by atoms with Gasteiger partial charge in [-0.1, -0.05) is 25.4 Å². The fourth-order valence-corrected chi connectivity index (χ4v) is 1.28. The number of nitrogen functional groups attached to an aromatic ring is 1. The zero-order valence-corrected chi connectivity index (χ0v) is 7.26. The van der Waals surface area contributed by atoms with Gasteiger partial charge < -0.3 is 5.73 Å². The fourth-order valence-electron chi connectivity index (χ4n) is 0.920. The molecular formula is C7H10ClN3. The molecule has 60 valence electrons. The van der Waals surface area contributed by atoms with Gasteiger partial charge in [0.1, 0.15) is 17.3 Å². The van der Waals surface area contributed by atoms with Crippen molar-refractivity contribution in [3.8, 4) is 0 Å². The molecule has 1 aromatic rings. The Kier molecular flexibility index (Phi) is 2.29. The Morgan fingerprint density at radius 3 is 2.45 bits per heavy atom. The van der Waals surface area contributed by atoms with E-state index in [9.17, 15) is 0 Å². The van der Waals surface area contributed by atoms with Crippen LogP contribution in [0.2, 0.25) is 5.15 Å². The minimum atomic E-state index is 0.267. The zero-order valence-electron chi connectivity index (χ0n) is 6.50. The van der Waals surface area contributed by atoms with Crippen molar-refractivity contribution in [3.63, 3.8) is 0 Å². The van der Waals surface area contributed by atoms with E-state index in [1.807, 2.05) is 13.8 Å². The summed E-state index contributed by atoms with van der Waals surface area (Å²) in [5.41, 5.74) is 6.41. The van der Waals surface area contributed by atoms with Gasteiger partial charge in [-0.3, -0.25) is 0 Å². The molecular weight excluding hydrogens is 162 g/mol. The standard InChI is InChI=1S/C7H10ClN3/c1-4(2)5-6(8)10-3-11-7(5)9/h3-4H,1-2H3,(H2,9,10,11). The molecule has 0 saturated heterocycles. The van der Waals surface area contributed by atoms with E-state index >= 15 is 0 Å². The summed E-state index contributed by atoms with van der Waals surface area (Å²) in [6, 6.07) is 0. The first-order valence-corrected chi connectivity index (χ1v) is 3.76.